The van der Waals surface area contributed by atoms with Crippen molar-refractivity contribution in [2.45, 2.75) is 44.6 Å². The zero-order chi connectivity index (χ0) is 31.8. The fourth-order valence-electron chi connectivity index (χ4n) is 5.03. The molecule has 0 aromatic heterocycles. The van der Waals surface area contributed by atoms with Crippen LogP contribution in [0, 0.1) is 0 Å². The van der Waals surface area contributed by atoms with Gasteiger partial charge in [0.25, 0.3) is 5.91 Å². The Morgan fingerprint density at radius 1 is 1.02 bits per heavy atom. The van der Waals surface area contributed by atoms with Crippen LogP contribution in [0.25, 0.3) is 10.8 Å². The van der Waals surface area contributed by atoms with E-state index in [2.05, 4.69) is 75.9 Å². The van der Waals surface area contributed by atoms with E-state index in [1.165, 1.54) is 25.1 Å². The molecule has 1 heterocycles. The van der Waals surface area contributed by atoms with Crippen molar-refractivity contribution < 1.29 is 23.9 Å². The Balaban J connectivity index is 0.000000505. The number of aryl methyl sites for hydroxylation is 1. The van der Waals surface area contributed by atoms with Gasteiger partial charge < -0.3 is 31.2 Å². The Kier molecular flexibility index (Phi) is 14.8. The van der Waals surface area contributed by atoms with Crippen molar-refractivity contribution in [3.8, 4) is 0 Å². The molecule has 9 heteroatoms. The maximum atomic E-state index is 13.4. The number of methoxy groups -OCH3 is 1. The third-order valence-corrected chi connectivity index (χ3v) is 7.32. The molecule has 1 saturated heterocycles. The van der Waals surface area contributed by atoms with Crippen LogP contribution in [0.5, 0.6) is 0 Å². The average molecular weight is 589 g/mol. The molecule has 5 N–H and O–H groups in total. The number of carbonyl (C=O) groups is 4. The first-order valence-corrected chi connectivity index (χ1v) is 14.4. The number of fused-ring (bicyclic) bond motifs is 1. The molecule has 3 aromatic rings. The second kappa shape index (κ2) is 18.3. The standard InChI is InChI=1S/C28H32N2O2.C5H7NO3.CH5N/c1-20(25-11-5-8-22-7-3-4-10-26(22)25)29-28(32)27-19-24(13-12-23(27)9-6-18-31)21-14-16-30(2)17-15-21;1-9-5(8)3-2-4(6)7;1-2/h3-5,7-8,10-13,18-21H,6,9,14-17H2,1-2H3,(H,29,32);2-3H,1H3,(H2,6,7);2H2,1H3/b;3-2+;. The highest BCUT2D eigenvalue weighted by molar-refractivity contribution is 5.97. The number of likely N-dealkylation sites (tertiary alicyclic amines) is 1. The van der Waals surface area contributed by atoms with Crippen molar-refractivity contribution in [2.75, 3.05) is 34.3 Å². The Bertz CT molecular complexity index is 1390. The smallest absolute Gasteiger partial charge is 0.330 e. The van der Waals surface area contributed by atoms with Crippen molar-refractivity contribution in [1.29, 1.82) is 0 Å². The minimum absolute atomic E-state index is 0.0684. The molecule has 9 nitrogen and oxygen atoms in total. The minimum Gasteiger partial charge on any atom is -0.466 e. The lowest BCUT2D eigenvalue weighted by Crippen LogP contribution is -2.30. The lowest BCUT2D eigenvalue weighted by atomic mass is 9.87. The summed E-state index contributed by atoms with van der Waals surface area (Å²) >= 11 is 0. The van der Waals surface area contributed by atoms with Crippen molar-refractivity contribution in [1.82, 2.24) is 10.2 Å². The normalized spacial score (nSPS) is 14.1. The summed E-state index contributed by atoms with van der Waals surface area (Å²) in [5, 5.41) is 5.55. The lowest BCUT2D eigenvalue weighted by Gasteiger charge is -2.29. The Morgan fingerprint density at radius 2 is 1.70 bits per heavy atom. The molecule has 1 unspecified atom stereocenters. The molecule has 0 bridgehead atoms. The molecule has 1 atom stereocenters. The van der Waals surface area contributed by atoms with Gasteiger partial charge in [-0.15, -0.1) is 0 Å². The summed E-state index contributed by atoms with van der Waals surface area (Å²) in [6, 6.07) is 20.6. The number of primary amides is 1. The summed E-state index contributed by atoms with van der Waals surface area (Å²) in [5.74, 6) is -0.844. The molecule has 2 amide bonds. The number of rotatable bonds is 9. The first-order valence-electron chi connectivity index (χ1n) is 14.4. The maximum absolute atomic E-state index is 13.4. The maximum Gasteiger partial charge on any atom is 0.330 e. The fourth-order valence-corrected chi connectivity index (χ4v) is 5.03. The van der Waals surface area contributed by atoms with Crippen LogP contribution in [0.4, 0.5) is 0 Å². The second-order valence-electron chi connectivity index (χ2n) is 10.2. The van der Waals surface area contributed by atoms with E-state index >= 15 is 0 Å². The van der Waals surface area contributed by atoms with E-state index in [0.29, 0.717) is 24.3 Å². The van der Waals surface area contributed by atoms with E-state index in [-0.39, 0.29) is 11.9 Å². The number of aldehydes is 1. The summed E-state index contributed by atoms with van der Waals surface area (Å²) in [4.78, 5) is 46.9. The quantitative estimate of drug-likeness (QED) is 0.194. The topological polar surface area (TPSA) is 145 Å². The largest absolute Gasteiger partial charge is 0.466 e. The Morgan fingerprint density at radius 3 is 2.35 bits per heavy atom. The Labute approximate surface area is 254 Å². The van der Waals surface area contributed by atoms with Gasteiger partial charge in [-0.1, -0.05) is 54.6 Å². The summed E-state index contributed by atoms with van der Waals surface area (Å²) in [6.07, 6.45) is 6.05. The number of carbonyl (C=O) groups excluding carboxylic acids is 4. The summed E-state index contributed by atoms with van der Waals surface area (Å²) in [6.45, 7) is 4.19. The number of hydrogen-bond acceptors (Lipinski definition) is 7. The molecule has 0 radical (unpaired) electrons. The highest BCUT2D eigenvalue weighted by Gasteiger charge is 2.22. The average Bonchev–Trinajstić information content (AvgIpc) is 3.03. The van der Waals surface area contributed by atoms with Crippen molar-refractivity contribution in [3.63, 3.8) is 0 Å². The van der Waals surface area contributed by atoms with Gasteiger partial charge in [-0.05, 0) is 92.8 Å². The van der Waals surface area contributed by atoms with E-state index < -0.39 is 11.9 Å². The lowest BCUT2D eigenvalue weighted by molar-refractivity contribution is -0.135. The monoisotopic (exact) mass is 588 g/mol. The van der Waals surface area contributed by atoms with Crippen LogP contribution in [0.3, 0.4) is 0 Å². The number of hydrogen-bond donors (Lipinski definition) is 3. The summed E-state index contributed by atoms with van der Waals surface area (Å²) < 4.78 is 4.17. The van der Waals surface area contributed by atoms with E-state index in [1.54, 1.807) is 0 Å². The molecule has 0 aliphatic carbocycles. The molecule has 0 spiro atoms. The van der Waals surface area contributed by atoms with Gasteiger partial charge in [-0.2, -0.15) is 0 Å². The van der Waals surface area contributed by atoms with Gasteiger partial charge in [0, 0.05) is 24.1 Å². The van der Waals surface area contributed by atoms with Crippen molar-refractivity contribution in [2.24, 2.45) is 11.5 Å². The fraction of sp³-hybridized carbons (Fsp3) is 0.353. The number of piperidine rings is 1. The van der Waals surface area contributed by atoms with Crippen LogP contribution in [0.1, 0.15) is 65.2 Å². The predicted octanol–water partition coefficient (Wildman–Crippen LogP) is 4.05. The molecule has 1 aliphatic rings. The van der Waals surface area contributed by atoms with Gasteiger partial charge in [0.15, 0.2) is 0 Å². The van der Waals surface area contributed by atoms with Crippen LogP contribution in [0.15, 0.2) is 72.8 Å². The molecule has 1 fully saturated rings. The first-order chi connectivity index (χ1) is 20.7. The van der Waals surface area contributed by atoms with Gasteiger partial charge in [0.05, 0.1) is 13.2 Å². The Hall–Kier alpha value is -4.34. The number of esters is 1. The van der Waals surface area contributed by atoms with Gasteiger partial charge in [-0.3, -0.25) is 9.59 Å². The zero-order valence-electron chi connectivity index (χ0n) is 25.5. The van der Waals surface area contributed by atoms with E-state index in [4.69, 9.17) is 0 Å². The van der Waals surface area contributed by atoms with Crippen LogP contribution >= 0.6 is 0 Å². The van der Waals surface area contributed by atoms with Crippen LogP contribution in [0.2, 0.25) is 0 Å². The van der Waals surface area contributed by atoms with E-state index in [1.807, 2.05) is 25.1 Å². The van der Waals surface area contributed by atoms with Gasteiger partial charge in [0.2, 0.25) is 5.91 Å². The predicted molar refractivity (Wildman–Crippen MR) is 171 cm³/mol. The highest BCUT2D eigenvalue weighted by atomic mass is 16.5. The number of nitrogens with one attached hydrogen (secondary N) is 1. The summed E-state index contributed by atoms with van der Waals surface area (Å²) in [7, 11) is 4.87. The van der Waals surface area contributed by atoms with E-state index in [9.17, 15) is 19.2 Å². The molecule has 1 aliphatic heterocycles. The van der Waals surface area contributed by atoms with Crippen molar-refractivity contribution >= 4 is 34.8 Å². The third-order valence-electron chi connectivity index (χ3n) is 7.32. The molecule has 0 saturated carbocycles. The van der Waals surface area contributed by atoms with Crippen LogP contribution in [-0.2, 0) is 25.5 Å². The van der Waals surface area contributed by atoms with E-state index in [0.717, 1.165) is 60.9 Å². The highest BCUT2D eigenvalue weighted by Crippen LogP contribution is 2.30. The number of nitrogens with two attached hydrogens (primary N) is 2. The van der Waals surface area contributed by atoms with Crippen LogP contribution in [-0.4, -0.2) is 63.3 Å². The minimum atomic E-state index is -0.666. The first kappa shape index (κ1) is 34.9. The van der Waals surface area contributed by atoms with Gasteiger partial charge in [0.1, 0.15) is 6.29 Å². The van der Waals surface area contributed by atoms with Gasteiger partial charge in [-0.25, -0.2) is 4.79 Å². The molecule has 3 aromatic carbocycles. The van der Waals surface area contributed by atoms with Gasteiger partial charge >= 0.3 is 5.97 Å². The second-order valence-corrected chi connectivity index (χ2v) is 10.2. The molecular weight excluding hydrogens is 544 g/mol. The molecular formula is C34H44N4O5. The molecule has 4 rings (SSSR count). The number of benzene rings is 3. The molecule has 230 valence electrons. The van der Waals surface area contributed by atoms with Crippen molar-refractivity contribution in [3.05, 3.63) is 95.1 Å². The zero-order valence-corrected chi connectivity index (χ0v) is 25.5. The molecule has 43 heavy (non-hydrogen) atoms. The summed E-state index contributed by atoms with van der Waals surface area (Å²) in [5.41, 5.74) is 13.1. The van der Waals surface area contributed by atoms with Crippen LogP contribution < -0.4 is 16.8 Å². The third kappa shape index (κ3) is 10.8. The number of amides is 2. The number of nitrogens with zero attached hydrogens (tertiary/aromatic N) is 1. The number of ether oxygens (including phenoxy) is 1. The SMILES string of the molecule is CC(NC(=O)c1cc(C2CCN(C)CC2)ccc1CCC=O)c1cccc2ccccc12.CN.COC(=O)/C=C/C(N)=O.